The van der Waals surface area contributed by atoms with E-state index < -0.39 is 11.6 Å². The minimum absolute atomic E-state index is 0.158. The Labute approximate surface area is 79.3 Å². The molecule has 0 saturated heterocycles. The molecule has 70 valence electrons. The maximum absolute atomic E-state index is 12.9. The fraction of sp³-hybridized carbons (Fsp3) is 0.222. The highest BCUT2D eigenvalue weighted by atomic mass is 35.5. The van der Waals surface area contributed by atoms with Gasteiger partial charge in [-0.25, -0.2) is 8.78 Å². The first-order chi connectivity index (χ1) is 6.06. The Balaban J connectivity index is 3.23. The van der Waals surface area contributed by atoms with Crippen molar-refractivity contribution in [2.75, 3.05) is 0 Å². The van der Waals surface area contributed by atoms with Crippen LogP contribution in [0.3, 0.4) is 0 Å². The van der Waals surface area contributed by atoms with Crippen LogP contribution < -0.4 is 0 Å². The van der Waals surface area contributed by atoms with Crippen molar-refractivity contribution in [3.63, 3.8) is 0 Å². The molecule has 1 aromatic carbocycles. The molecule has 0 spiro atoms. The van der Waals surface area contributed by atoms with Crippen LogP contribution in [-0.2, 0) is 0 Å². The van der Waals surface area contributed by atoms with Gasteiger partial charge >= 0.3 is 0 Å². The highest BCUT2D eigenvalue weighted by Crippen LogP contribution is 2.20. The lowest BCUT2D eigenvalue weighted by Crippen LogP contribution is -2.01. The normalized spacial score (nSPS) is 10.2. The summed E-state index contributed by atoms with van der Waals surface area (Å²) in [7, 11) is 0. The average molecular weight is 205 g/mol. The Bertz CT molecular complexity index is 350. The molecule has 4 heteroatoms. The van der Waals surface area contributed by atoms with Crippen LogP contribution in [0, 0.1) is 11.6 Å². The third kappa shape index (κ3) is 2.04. The van der Waals surface area contributed by atoms with E-state index in [1.807, 2.05) is 0 Å². The molecule has 0 saturated carbocycles. The summed E-state index contributed by atoms with van der Waals surface area (Å²) >= 11 is 5.39. The van der Waals surface area contributed by atoms with E-state index in [9.17, 15) is 13.6 Å². The van der Waals surface area contributed by atoms with Gasteiger partial charge in [-0.05, 0) is 6.07 Å². The van der Waals surface area contributed by atoms with Crippen molar-refractivity contribution in [3.05, 3.63) is 34.4 Å². The molecular weight excluding hydrogens is 198 g/mol. The van der Waals surface area contributed by atoms with Crippen molar-refractivity contribution in [2.24, 2.45) is 0 Å². The lowest BCUT2D eigenvalue weighted by atomic mass is 10.1. The number of carbonyl (C=O) groups excluding carboxylic acids is 1. The molecule has 1 aromatic rings. The van der Waals surface area contributed by atoms with Crippen LogP contribution in [0.2, 0.25) is 5.02 Å². The summed E-state index contributed by atoms with van der Waals surface area (Å²) in [5.41, 5.74) is -0.158. The van der Waals surface area contributed by atoms with E-state index in [0.29, 0.717) is 6.07 Å². The van der Waals surface area contributed by atoms with E-state index in [0.717, 1.165) is 6.07 Å². The summed E-state index contributed by atoms with van der Waals surface area (Å²) in [5, 5.41) is -0.238. The van der Waals surface area contributed by atoms with Crippen molar-refractivity contribution in [3.8, 4) is 0 Å². The van der Waals surface area contributed by atoms with Gasteiger partial charge < -0.3 is 0 Å². The first-order valence-corrected chi connectivity index (χ1v) is 4.11. The molecular formula is C9H7ClF2O. The molecule has 1 rings (SSSR count). The maximum Gasteiger partial charge on any atom is 0.165 e. The second kappa shape index (κ2) is 3.83. The Morgan fingerprint density at radius 2 is 2.00 bits per heavy atom. The predicted molar refractivity (Wildman–Crippen MR) is 46.0 cm³/mol. The summed E-state index contributed by atoms with van der Waals surface area (Å²) in [6.07, 6.45) is 0.166. The molecule has 0 unspecified atom stereocenters. The summed E-state index contributed by atoms with van der Waals surface area (Å²) in [6, 6.07) is 1.63. The van der Waals surface area contributed by atoms with Crippen LogP contribution in [-0.4, -0.2) is 5.78 Å². The quantitative estimate of drug-likeness (QED) is 0.534. The molecule has 0 amide bonds. The van der Waals surface area contributed by atoms with Gasteiger partial charge in [0.05, 0.1) is 10.6 Å². The fourth-order valence-corrected chi connectivity index (χ4v) is 1.09. The molecule has 0 aliphatic carbocycles. The highest BCUT2D eigenvalue weighted by Gasteiger charge is 2.13. The SMILES string of the molecule is CCC(=O)c1cc(Cl)c(F)cc1F. The molecule has 0 heterocycles. The Morgan fingerprint density at radius 3 is 2.54 bits per heavy atom. The zero-order valence-corrected chi connectivity index (χ0v) is 7.66. The number of benzene rings is 1. The lowest BCUT2D eigenvalue weighted by molar-refractivity contribution is 0.0984. The molecule has 0 aliphatic rings. The minimum Gasteiger partial charge on any atom is -0.294 e. The second-order valence-electron chi connectivity index (χ2n) is 2.52. The standard InChI is InChI=1S/C9H7ClF2O/c1-2-9(13)5-3-6(10)8(12)4-7(5)11/h3-4H,2H2,1H3. The highest BCUT2D eigenvalue weighted by molar-refractivity contribution is 6.31. The zero-order valence-electron chi connectivity index (χ0n) is 6.90. The predicted octanol–water partition coefficient (Wildman–Crippen LogP) is 3.21. The van der Waals surface area contributed by atoms with E-state index in [2.05, 4.69) is 0 Å². The number of carbonyl (C=O) groups is 1. The molecule has 0 bridgehead atoms. The van der Waals surface area contributed by atoms with Crippen molar-refractivity contribution < 1.29 is 13.6 Å². The average Bonchev–Trinajstić information content (AvgIpc) is 2.10. The minimum atomic E-state index is -0.867. The van der Waals surface area contributed by atoms with E-state index in [4.69, 9.17) is 11.6 Å². The number of hydrogen-bond acceptors (Lipinski definition) is 1. The summed E-state index contributed by atoms with van der Waals surface area (Å²) < 4.78 is 25.6. The summed E-state index contributed by atoms with van der Waals surface area (Å²) in [5.74, 6) is -2.11. The molecule has 0 aromatic heterocycles. The first-order valence-electron chi connectivity index (χ1n) is 3.74. The maximum atomic E-state index is 12.9. The van der Waals surface area contributed by atoms with Crippen LogP contribution in [0.15, 0.2) is 12.1 Å². The molecule has 0 fully saturated rings. The van der Waals surface area contributed by atoms with Crippen molar-refractivity contribution in [1.29, 1.82) is 0 Å². The van der Waals surface area contributed by atoms with E-state index in [1.54, 1.807) is 6.92 Å². The molecule has 0 N–H and O–H groups in total. The van der Waals surface area contributed by atoms with Gasteiger partial charge in [-0.3, -0.25) is 4.79 Å². The molecule has 0 aliphatic heterocycles. The Kier molecular flexibility index (Phi) is 2.98. The second-order valence-corrected chi connectivity index (χ2v) is 2.93. The van der Waals surface area contributed by atoms with E-state index in [-0.39, 0.29) is 22.8 Å². The third-order valence-corrected chi connectivity index (χ3v) is 1.92. The van der Waals surface area contributed by atoms with Crippen LogP contribution >= 0.6 is 11.6 Å². The van der Waals surface area contributed by atoms with Crippen molar-refractivity contribution in [2.45, 2.75) is 13.3 Å². The number of halogens is 3. The molecule has 0 atom stereocenters. The topological polar surface area (TPSA) is 17.1 Å². The van der Waals surface area contributed by atoms with Crippen LogP contribution in [0.5, 0.6) is 0 Å². The van der Waals surface area contributed by atoms with Gasteiger partial charge in [0.1, 0.15) is 11.6 Å². The van der Waals surface area contributed by atoms with Crippen molar-refractivity contribution >= 4 is 17.4 Å². The molecule has 0 radical (unpaired) electrons. The van der Waals surface area contributed by atoms with Crippen LogP contribution in [0.4, 0.5) is 8.78 Å². The lowest BCUT2D eigenvalue weighted by Gasteiger charge is -2.01. The third-order valence-electron chi connectivity index (χ3n) is 1.63. The number of rotatable bonds is 2. The van der Waals surface area contributed by atoms with Gasteiger partial charge in [-0.2, -0.15) is 0 Å². The number of ketones is 1. The monoisotopic (exact) mass is 204 g/mol. The Morgan fingerprint density at radius 1 is 1.38 bits per heavy atom. The largest absolute Gasteiger partial charge is 0.294 e. The molecule has 13 heavy (non-hydrogen) atoms. The van der Waals surface area contributed by atoms with Gasteiger partial charge in [0.15, 0.2) is 5.78 Å². The summed E-state index contributed by atoms with van der Waals surface area (Å²) in [4.78, 5) is 11.1. The smallest absolute Gasteiger partial charge is 0.165 e. The van der Waals surface area contributed by atoms with Crippen molar-refractivity contribution in [1.82, 2.24) is 0 Å². The van der Waals surface area contributed by atoms with Gasteiger partial charge in [0, 0.05) is 12.5 Å². The van der Waals surface area contributed by atoms with Crippen LogP contribution in [0.1, 0.15) is 23.7 Å². The number of Topliss-reactive ketones (excluding diaryl/α,β-unsaturated/α-hetero) is 1. The Hall–Kier alpha value is -0.960. The fourth-order valence-electron chi connectivity index (χ4n) is 0.927. The first kappa shape index (κ1) is 10.1. The van der Waals surface area contributed by atoms with Gasteiger partial charge in [-0.15, -0.1) is 0 Å². The van der Waals surface area contributed by atoms with Gasteiger partial charge in [0.25, 0.3) is 0 Å². The van der Waals surface area contributed by atoms with E-state index >= 15 is 0 Å². The van der Waals surface area contributed by atoms with Gasteiger partial charge in [0.2, 0.25) is 0 Å². The van der Waals surface area contributed by atoms with E-state index in [1.165, 1.54) is 0 Å². The zero-order chi connectivity index (χ0) is 10.0. The van der Waals surface area contributed by atoms with Crippen LogP contribution in [0.25, 0.3) is 0 Å². The summed E-state index contributed by atoms with van der Waals surface area (Å²) in [6.45, 7) is 1.60. The van der Waals surface area contributed by atoms with Gasteiger partial charge in [-0.1, -0.05) is 18.5 Å². The number of hydrogen-bond donors (Lipinski definition) is 0. The molecule has 1 nitrogen and oxygen atoms in total.